The van der Waals surface area contributed by atoms with Gasteiger partial charge in [-0.3, -0.25) is 0 Å². The fraction of sp³-hybridized carbons (Fsp3) is 0.714. The van der Waals surface area contributed by atoms with Gasteiger partial charge in [0.25, 0.3) is 0 Å². The minimum Gasteiger partial charge on any atom is -0.225 e. The van der Waals surface area contributed by atoms with Gasteiger partial charge in [-0.15, -0.1) is 0 Å². The van der Waals surface area contributed by atoms with E-state index in [1.54, 1.807) is 6.08 Å². The number of rotatable bonds is 3. The average molecular weight is 162 g/mol. The van der Waals surface area contributed by atoms with Gasteiger partial charge in [-0.25, -0.2) is 8.42 Å². The van der Waals surface area contributed by atoms with Gasteiger partial charge in [0.2, 0.25) is 0 Å². The predicted octanol–water partition coefficient (Wildman–Crippen LogP) is 1.59. The maximum absolute atomic E-state index is 10.5. The van der Waals surface area contributed by atoms with Crippen molar-refractivity contribution in [2.24, 2.45) is 5.92 Å². The third-order valence-corrected chi connectivity index (χ3v) is 1.64. The maximum atomic E-state index is 10.5. The summed E-state index contributed by atoms with van der Waals surface area (Å²) in [4.78, 5) is 0. The second kappa shape index (κ2) is 3.76. The first-order chi connectivity index (χ1) is 4.42. The van der Waals surface area contributed by atoms with Gasteiger partial charge < -0.3 is 0 Å². The summed E-state index contributed by atoms with van der Waals surface area (Å²) in [6.07, 6.45) is 3.72. The van der Waals surface area contributed by atoms with Gasteiger partial charge in [-0.05, 0) is 12.3 Å². The maximum Gasteiger partial charge on any atom is 0.168 e. The van der Waals surface area contributed by atoms with Gasteiger partial charge in [0.15, 0.2) is 9.84 Å². The second-order valence-electron chi connectivity index (χ2n) is 2.83. The largest absolute Gasteiger partial charge is 0.225 e. The molecule has 0 aliphatic rings. The van der Waals surface area contributed by atoms with Crippen LogP contribution in [0.3, 0.4) is 0 Å². The Morgan fingerprint density at radius 2 is 1.90 bits per heavy atom. The first kappa shape index (κ1) is 9.69. The molecule has 2 nitrogen and oxygen atoms in total. The highest BCUT2D eigenvalue weighted by atomic mass is 32.2. The van der Waals surface area contributed by atoms with Gasteiger partial charge in [0, 0.05) is 11.7 Å². The predicted molar refractivity (Wildman–Crippen MR) is 43.4 cm³/mol. The molecule has 0 saturated heterocycles. The number of allylic oxidation sites excluding steroid dienone is 1. The molecule has 3 heteroatoms. The lowest BCUT2D eigenvalue weighted by Gasteiger charge is -1.95. The number of hydrogen-bond acceptors (Lipinski definition) is 2. The molecule has 0 spiro atoms. The van der Waals surface area contributed by atoms with Crippen molar-refractivity contribution in [2.75, 3.05) is 6.26 Å². The monoisotopic (exact) mass is 162 g/mol. The topological polar surface area (TPSA) is 34.1 Å². The van der Waals surface area contributed by atoms with E-state index in [1.807, 2.05) is 13.8 Å². The standard InChI is InChI=1S/C7H14O2S/c1-7(2)5-4-6-10(3,8)9/h4,6-7H,5H2,1-3H3/b6-4-. The Morgan fingerprint density at radius 3 is 2.20 bits per heavy atom. The van der Waals surface area contributed by atoms with Crippen molar-refractivity contribution in [2.45, 2.75) is 20.3 Å². The van der Waals surface area contributed by atoms with Crippen molar-refractivity contribution in [1.82, 2.24) is 0 Å². The molecule has 0 aliphatic carbocycles. The molecule has 0 heterocycles. The number of sulfone groups is 1. The van der Waals surface area contributed by atoms with Crippen molar-refractivity contribution in [3.8, 4) is 0 Å². The minimum atomic E-state index is -2.90. The third-order valence-electron chi connectivity index (χ3n) is 0.951. The van der Waals surface area contributed by atoms with E-state index in [2.05, 4.69) is 0 Å². The summed E-state index contributed by atoms with van der Waals surface area (Å²) < 4.78 is 21.1. The lowest BCUT2D eigenvalue weighted by Crippen LogP contribution is -1.89. The summed E-state index contributed by atoms with van der Waals surface area (Å²) in [7, 11) is -2.90. The summed E-state index contributed by atoms with van der Waals surface area (Å²) >= 11 is 0. The van der Waals surface area contributed by atoms with Crippen LogP contribution in [-0.2, 0) is 9.84 Å². The van der Waals surface area contributed by atoms with Crippen molar-refractivity contribution >= 4 is 9.84 Å². The van der Waals surface area contributed by atoms with Crippen LogP contribution < -0.4 is 0 Å². The van der Waals surface area contributed by atoms with E-state index < -0.39 is 9.84 Å². The molecule has 0 saturated carbocycles. The molecule has 60 valence electrons. The van der Waals surface area contributed by atoms with Gasteiger partial charge in [0.05, 0.1) is 0 Å². The SMILES string of the molecule is CC(C)C/C=C\S(C)(=O)=O. The second-order valence-corrected chi connectivity index (χ2v) is 4.76. The normalized spacial score (nSPS) is 13.2. The smallest absolute Gasteiger partial charge is 0.168 e. The van der Waals surface area contributed by atoms with Gasteiger partial charge >= 0.3 is 0 Å². The average Bonchev–Trinajstić information content (AvgIpc) is 1.59. The molecule has 0 unspecified atom stereocenters. The van der Waals surface area contributed by atoms with Crippen LogP contribution in [-0.4, -0.2) is 14.7 Å². The quantitative estimate of drug-likeness (QED) is 0.631. The minimum absolute atomic E-state index is 0.526. The van der Waals surface area contributed by atoms with E-state index in [0.717, 1.165) is 6.42 Å². The third kappa shape index (κ3) is 7.69. The first-order valence-electron chi connectivity index (χ1n) is 3.28. The van der Waals surface area contributed by atoms with Crippen LogP contribution in [0.2, 0.25) is 0 Å². The van der Waals surface area contributed by atoms with Crippen LogP contribution >= 0.6 is 0 Å². The molecule has 0 radical (unpaired) electrons. The molecule has 10 heavy (non-hydrogen) atoms. The lowest BCUT2D eigenvalue weighted by molar-refractivity contribution is 0.609. The van der Waals surface area contributed by atoms with Crippen LogP contribution in [0.1, 0.15) is 20.3 Å². The van der Waals surface area contributed by atoms with Gasteiger partial charge in [-0.1, -0.05) is 19.9 Å². The highest BCUT2D eigenvalue weighted by molar-refractivity contribution is 7.93. The van der Waals surface area contributed by atoms with Crippen LogP contribution in [0, 0.1) is 5.92 Å². The Hall–Kier alpha value is -0.310. The molecule has 0 fully saturated rings. The fourth-order valence-electron chi connectivity index (χ4n) is 0.503. The molecule has 0 aromatic rings. The summed E-state index contributed by atoms with van der Waals surface area (Å²) in [6.45, 7) is 4.10. The molecular weight excluding hydrogens is 148 g/mol. The van der Waals surface area contributed by atoms with Crippen molar-refractivity contribution in [1.29, 1.82) is 0 Å². The van der Waals surface area contributed by atoms with Crippen LogP contribution in [0.5, 0.6) is 0 Å². The Morgan fingerprint density at radius 1 is 1.40 bits per heavy atom. The Labute approximate surface area is 62.9 Å². The van der Waals surface area contributed by atoms with E-state index >= 15 is 0 Å². The van der Waals surface area contributed by atoms with E-state index in [-0.39, 0.29) is 0 Å². The summed E-state index contributed by atoms with van der Waals surface area (Å²) in [5.41, 5.74) is 0. The van der Waals surface area contributed by atoms with Gasteiger partial charge in [-0.2, -0.15) is 0 Å². The van der Waals surface area contributed by atoms with Crippen molar-refractivity contribution in [3.63, 3.8) is 0 Å². The zero-order valence-corrected chi connectivity index (χ0v) is 7.48. The van der Waals surface area contributed by atoms with E-state index in [9.17, 15) is 8.42 Å². The van der Waals surface area contributed by atoms with Crippen molar-refractivity contribution < 1.29 is 8.42 Å². The van der Waals surface area contributed by atoms with E-state index in [4.69, 9.17) is 0 Å². The van der Waals surface area contributed by atoms with Crippen LogP contribution in [0.15, 0.2) is 11.5 Å². The zero-order chi connectivity index (χ0) is 8.20. The lowest BCUT2D eigenvalue weighted by atomic mass is 10.1. The molecule has 0 bridgehead atoms. The van der Waals surface area contributed by atoms with Gasteiger partial charge in [0.1, 0.15) is 0 Å². The molecule has 0 atom stereocenters. The zero-order valence-electron chi connectivity index (χ0n) is 6.66. The Kier molecular flexibility index (Phi) is 3.64. The molecule has 0 rings (SSSR count). The number of hydrogen-bond donors (Lipinski definition) is 0. The van der Waals surface area contributed by atoms with Crippen LogP contribution in [0.4, 0.5) is 0 Å². The Balaban J connectivity index is 3.80. The molecular formula is C7H14O2S. The van der Waals surface area contributed by atoms with E-state index in [0.29, 0.717) is 5.92 Å². The molecule has 0 aromatic heterocycles. The van der Waals surface area contributed by atoms with Crippen molar-refractivity contribution in [3.05, 3.63) is 11.5 Å². The molecule has 0 N–H and O–H groups in total. The molecule has 0 amide bonds. The molecule has 0 aromatic carbocycles. The highest BCUT2D eigenvalue weighted by Crippen LogP contribution is 2.00. The van der Waals surface area contributed by atoms with Crippen LogP contribution in [0.25, 0.3) is 0 Å². The first-order valence-corrected chi connectivity index (χ1v) is 5.24. The fourth-order valence-corrected chi connectivity index (χ4v) is 0.963. The summed E-state index contributed by atoms with van der Waals surface area (Å²) in [5.74, 6) is 0.526. The van der Waals surface area contributed by atoms with E-state index in [1.165, 1.54) is 11.7 Å². The highest BCUT2D eigenvalue weighted by Gasteiger charge is 1.93. The summed E-state index contributed by atoms with van der Waals surface area (Å²) in [6, 6.07) is 0. The Bertz CT molecular complexity index is 200. The molecule has 0 aliphatic heterocycles. The summed E-state index contributed by atoms with van der Waals surface area (Å²) in [5, 5.41) is 1.26.